The quantitative estimate of drug-likeness (QED) is 0.0320. The van der Waals surface area contributed by atoms with E-state index in [0.29, 0.717) is 12.8 Å². The molecular formula is C53H89NO18. The fraction of sp³-hybridized carbons (Fsp3) is 0.755. The lowest BCUT2D eigenvalue weighted by Gasteiger charge is -2.48. The molecule has 12 N–H and O–H groups in total. The Balaban J connectivity index is 1.57. The van der Waals surface area contributed by atoms with Crippen molar-refractivity contribution in [2.75, 3.05) is 26.4 Å². The zero-order chi connectivity index (χ0) is 52.7. The summed E-state index contributed by atoms with van der Waals surface area (Å²) in [6.45, 7) is 1.46. The highest BCUT2D eigenvalue weighted by Crippen LogP contribution is 2.33. The smallest absolute Gasteiger partial charge is 0.220 e. The number of allylic oxidation sites excluding steroid dienone is 11. The molecule has 19 heteroatoms. The lowest BCUT2D eigenvalue weighted by molar-refractivity contribution is -0.379. The Morgan fingerprint density at radius 2 is 0.972 bits per heavy atom. The Labute approximate surface area is 426 Å². The molecule has 0 aromatic carbocycles. The topological polar surface area (TPSA) is 307 Å². The second kappa shape index (κ2) is 37.1. The summed E-state index contributed by atoms with van der Waals surface area (Å²) in [5, 5.41) is 120. The van der Waals surface area contributed by atoms with Crippen molar-refractivity contribution in [3.05, 3.63) is 72.9 Å². The maximum atomic E-state index is 13.2. The third kappa shape index (κ3) is 22.2. The second-order valence-electron chi connectivity index (χ2n) is 18.6. The van der Waals surface area contributed by atoms with Gasteiger partial charge in [0.15, 0.2) is 18.9 Å². The van der Waals surface area contributed by atoms with Gasteiger partial charge in [-0.15, -0.1) is 0 Å². The van der Waals surface area contributed by atoms with Crippen LogP contribution < -0.4 is 5.32 Å². The standard InChI is InChI=1S/C53H89NO18/c1-3-5-7-9-11-13-15-17-18-19-21-23-25-27-29-31-41(59)54-36(37(58)30-28-26-24-22-20-16-14-12-10-8-6-4-2)35-67-51-47(65)44(62)49(39(33-56)69-51)72-53-48(66)45(63)50(40(34-57)70-53)71-52-46(64)43(61)42(60)38(32-55)68-52/h5,7,10-13,17-18,20,22,28,30,36-40,42-53,55-58,60-66H,3-4,6,8-9,14-16,19,21,23-27,29,31-35H2,1-2H3,(H,54,59)/b7-5-,12-10+,13-11-,18-17-,22-20+,30-28+. The molecule has 3 fully saturated rings. The van der Waals surface area contributed by atoms with E-state index in [1.807, 2.05) is 0 Å². The van der Waals surface area contributed by atoms with Crippen LogP contribution in [0.4, 0.5) is 0 Å². The Bertz CT molecular complexity index is 1610. The van der Waals surface area contributed by atoms with Crippen molar-refractivity contribution in [2.24, 2.45) is 0 Å². The molecule has 3 heterocycles. The van der Waals surface area contributed by atoms with Crippen molar-refractivity contribution < 1.29 is 89.4 Å². The molecule has 0 bridgehead atoms. The number of hydrogen-bond donors (Lipinski definition) is 12. The van der Waals surface area contributed by atoms with Gasteiger partial charge in [0.25, 0.3) is 0 Å². The monoisotopic (exact) mass is 1030 g/mol. The van der Waals surface area contributed by atoms with E-state index in [0.717, 1.165) is 77.0 Å². The Hall–Kier alpha value is -2.77. The molecule has 0 aromatic rings. The molecule has 1 amide bonds. The number of carbonyl (C=O) groups is 1. The van der Waals surface area contributed by atoms with Crippen molar-refractivity contribution in [1.82, 2.24) is 5.32 Å². The minimum atomic E-state index is -1.99. The van der Waals surface area contributed by atoms with E-state index in [1.54, 1.807) is 12.2 Å². The highest BCUT2D eigenvalue weighted by Gasteiger charge is 2.53. The molecule has 19 nitrogen and oxygen atoms in total. The first kappa shape index (κ1) is 63.5. The van der Waals surface area contributed by atoms with Gasteiger partial charge < -0.3 is 89.9 Å². The molecule has 17 atom stereocenters. The van der Waals surface area contributed by atoms with Gasteiger partial charge in [-0.3, -0.25) is 4.79 Å². The first-order chi connectivity index (χ1) is 34.8. The number of carbonyl (C=O) groups excluding carboxylic acids is 1. The van der Waals surface area contributed by atoms with Gasteiger partial charge in [-0.1, -0.05) is 119 Å². The Morgan fingerprint density at radius 1 is 0.514 bits per heavy atom. The van der Waals surface area contributed by atoms with Crippen LogP contribution in [0.2, 0.25) is 0 Å². The van der Waals surface area contributed by atoms with E-state index in [1.165, 1.54) is 12.8 Å². The van der Waals surface area contributed by atoms with Crippen LogP contribution in [0.15, 0.2) is 72.9 Å². The molecule has 3 rings (SSSR count). The first-order valence-corrected chi connectivity index (χ1v) is 26.2. The zero-order valence-electron chi connectivity index (χ0n) is 42.4. The van der Waals surface area contributed by atoms with E-state index in [9.17, 15) is 61.0 Å². The van der Waals surface area contributed by atoms with Gasteiger partial charge in [-0.25, -0.2) is 0 Å². The summed E-state index contributed by atoms with van der Waals surface area (Å²) in [5.41, 5.74) is 0. The fourth-order valence-electron chi connectivity index (χ4n) is 8.34. The van der Waals surface area contributed by atoms with E-state index < -0.39 is 124 Å². The molecule has 3 aliphatic rings. The number of aliphatic hydroxyl groups excluding tert-OH is 11. The van der Waals surface area contributed by atoms with Crippen LogP contribution in [0.5, 0.6) is 0 Å². The molecule has 0 aromatic heterocycles. The summed E-state index contributed by atoms with van der Waals surface area (Å²) in [4.78, 5) is 13.2. The van der Waals surface area contributed by atoms with Crippen molar-refractivity contribution in [3.63, 3.8) is 0 Å². The van der Waals surface area contributed by atoms with E-state index in [4.69, 9.17) is 28.4 Å². The van der Waals surface area contributed by atoms with Gasteiger partial charge in [0.05, 0.1) is 38.6 Å². The summed E-state index contributed by atoms with van der Waals surface area (Å²) < 4.78 is 34.1. The molecular weight excluding hydrogens is 939 g/mol. The van der Waals surface area contributed by atoms with E-state index in [2.05, 4.69) is 79.9 Å². The lowest BCUT2D eigenvalue weighted by Crippen LogP contribution is -2.66. The van der Waals surface area contributed by atoms with Crippen molar-refractivity contribution >= 4 is 5.91 Å². The molecule has 72 heavy (non-hydrogen) atoms. The molecule has 3 aliphatic heterocycles. The predicted octanol–water partition coefficient (Wildman–Crippen LogP) is 2.31. The van der Waals surface area contributed by atoms with Crippen LogP contribution in [0.1, 0.15) is 123 Å². The van der Waals surface area contributed by atoms with Crippen LogP contribution in [0, 0.1) is 0 Å². The predicted molar refractivity (Wildman–Crippen MR) is 268 cm³/mol. The lowest BCUT2D eigenvalue weighted by atomic mass is 9.96. The number of unbranched alkanes of at least 4 members (excludes halogenated alkanes) is 9. The number of hydrogen-bond acceptors (Lipinski definition) is 18. The minimum absolute atomic E-state index is 0.208. The average Bonchev–Trinajstić information content (AvgIpc) is 3.37. The number of rotatable bonds is 35. The first-order valence-electron chi connectivity index (χ1n) is 26.2. The van der Waals surface area contributed by atoms with Crippen molar-refractivity contribution in [2.45, 2.75) is 227 Å². The fourth-order valence-corrected chi connectivity index (χ4v) is 8.34. The minimum Gasteiger partial charge on any atom is -0.394 e. The number of ether oxygens (including phenoxy) is 6. The van der Waals surface area contributed by atoms with Crippen LogP contribution in [-0.4, -0.2) is 193 Å². The SMILES string of the molecule is CC/C=C\C/C=C\C/C=C\CCCCCCCC(=O)NC(COC1OC(CO)C(OC2OC(CO)C(OC3OC(CO)C(O)C(O)C3O)C(O)C2O)C(O)C1O)C(O)/C=C/CC/C=C/CC/C=C/CCCC. The zero-order valence-corrected chi connectivity index (χ0v) is 42.4. The Morgan fingerprint density at radius 3 is 1.56 bits per heavy atom. The second-order valence-corrected chi connectivity index (χ2v) is 18.6. The summed E-state index contributed by atoms with van der Waals surface area (Å²) in [5.74, 6) is -0.314. The Kier molecular flexibility index (Phi) is 32.7. The molecule has 0 spiro atoms. The highest BCUT2D eigenvalue weighted by atomic mass is 16.8. The number of amides is 1. The number of aliphatic hydroxyl groups is 11. The maximum absolute atomic E-state index is 13.2. The van der Waals surface area contributed by atoms with E-state index >= 15 is 0 Å². The molecule has 0 aliphatic carbocycles. The maximum Gasteiger partial charge on any atom is 0.220 e. The van der Waals surface area contributed by atoms with Crippen LogP contribution in [0.3, 0.4) is 0 Å². The largest absolute Gasteiger partial charge is 0.394 e. The van der Waals surface area contributed by atoms with Gasteiger partial charge in [-0.05, 0) is 70.6 Å². The average molecular weight is 1030 g/mol. The van der Waals surface area contributed by atoms with Crippen molar-refractivity contribution in [3.8, 4) is 0 Å². The normalized spacial score (nSPS) is 32.6. The van der Waals surface area contributed by atoms with E-state index in [-0.39, 0.29) is 18.9 Å². The number of nitrogens with one attached hydrogen (secondary N) is 1. The molecule has 0 radical (unpaired) electrons. The molecule has 0 saturated carbocycles. The highest BCUT2D eigenvalue weighted by molar-refractivity contribution is 5.76. The third-order valence-corrected chi connectivity index (χ3v) is 12.7. The van der Waals surface area contributed by atoms with Gasteiger partial charge in [-0.2, -0.15) is 0 Å². The van der Waals surface area contributed by atoms with Crippen molar-refractivity contribution in [1.29, 1.82) is 0 Å². The van der Waals surface area contributed by atoms with Crippen LogP contribution in [-0.2, 0) is 33.2 Å². The summed E-state index contributed by atoms with van der Waals surface area (Å²) in [7, 11) is 0. The van der Waals surface area contributed by atoms with Gasteiger partial charge in [0.1, 0.15) is 73.2 Å². The summed E-state index contributed by atoms with van der Waals surface area (Å²) in [6.07, 6.45) is 13.4. The van der Waals surface area contributed by atoms with Crippen LogP contribution in [0.25, 0.3) is 0 Å². The molecule has 414 valence electrons. The molecule has 3 saturated heterocycles. The summed E-state index contributed by atoms with van der Waals surface area (Å²) >= 11 is 0. The van der Waals surface area contributed by atoms with Gasteiger partial charge in [0, 0.05) is 6.42 Å². The summed E-state index contributed by atoms with van der Waals surface area (Å²) in [6, 6.07) is -1.01. The van der Waals surface area contributed by atoms with Gasteiger partial charge >= 0.3 is 0 Å². The van der Waals surface area contributed by atoms with Gasteiger partial charge in [0.2, 0.25) is 5.91 Å². The molecule has 17 unspecified atom stereocenters. The van der Waals surface area contributed by atoms with Crippen LogP contribution >= 0.6 is 0 Å². The third-order valence-electron chi connectivity index (χ3n) is 12.7.